The topological polar surface area (TPSA) is 66.0 Å². The van der Waals surface area contributed by atoms with Gasteiger partial charge in [-0.25, -0.2) is 9.97 Å². The van der Waals surface area contributed by atoms with Crippen molar-refractivity contribution in [3.8, 4) is 0 Å². The second-order valence-corrected chi connectivity index (χ2v) is 4.69. The van der Waals surface area contributed by atoms with Gasteiger partial charge in [0.15, 0.2) is 0 Å². The van der Waals surface area contributed by atoms with Gasteiger partial charge in [-0.15, -0.1) is 0 Å². The summed E-state index contributed by atoms with van der Waals surface area (Å²) in [6.45, 7) is 2.46. The van der Waals surface area contributed by atoms with Crippen molar-refractivity contribution < 1.29 is 0 Å². The second-order valence-electron chi connectivity index (χ2n) is 4.69. The van der Waals surface area contributed by atoms with Gasteiger partial charge in [0.05, 0.1) is 12.2 Å². The molecule has 6 heteroatoms. The smallest absolute Gasteiger partial charge is 0.131 e. The van der Waals surface area contributed by atoms with E-state index in [1.807, 2.05) is 38.4 Å². The van der Waals surface area contributed by atoms with Gasteiger partial charge in [0.25, 0.3) is 0 Å². The lowest BCUT2D eigenvalue weighted by atomic mass is 10.3. The summed E-state index contributed by atoms with van der Waals surface area (Å²) in [5.74, 6) is 1.61. The lowest BCUT2D eigenvalue weighted by Crippen LogP contribution is -2.21. The van der Waals surface area contributed by atoms with Gasteiger partial charge < -0.3 is 15.5 Å². The highest BCUT2D eigenvalue weighted by Gasteiger charge is 1.99. The molecule has 0 spiro atoms. The molecule has 0 unspecified atom stereocenters. The molecule has 2 aromatic rings. The van der Waals surface area contributed by atoms with Crippen molar-refractivity contribution in [3.05, 3.63) is 42.5 Å². The van der Waals surface area contributed by atoms with E-state index in [9.17, 15) is 0 Å². The van der Waals surface area contributed by atoms with Crippen LogP contribution < -0.4 is 10.6 Å². The van der Waals surface area contributed by atoms with E-state index in [-0.39, 0.29) is 0 Å². The second kappa shape index (κ2) is 7.40. The van der Waals surface area contributed by atoms with Crippen molar-refractivity contribution >= 4 is 11.6 Å². The molecule has 0 atom stereocenters. The molecule has 0 radical (unpaired) electrons. The first-order valence-corrected chi connectivity index (χ1v) is 6.58. The monoisotopic (exact) mass is 272 g/mol. The van der Waals surface area contributed by atoms with Crippen LogP contribution in [0.5, 0.6) is 0 Å². The number of aromatic nitrogens is 3. The molecule has 2 rings (SSSR count). The highest BCUT2D eigenvalue weighted by atomic mass is 15.1. The summed E-state index contributed by atoms with van der Waals surface area (Å²) in [6, 6.07) is 7.75. The number of likely N-dealkylation sites (N-methyl/N-ethyl adjacent to an activating group) is 1. The zero-order valence-corrected chi connectivity index (χ0v) is 11.9. The molecule has 0 amide bonds. The molecule has 0 aromatic carbocycles. The van der Waals surface area contributed by atoms with Crippen LogP contribution in [-0.4, -0.2) is 47.0 Å². The molecular formula is C14H20N6. The fourth-order valence-corrected chi connectivity index (χ4v) is 1.64. The van der Waals surface area contributed by atoms with E-state index < -0.39 is 0 Å². The van der Waals surface area contributed by atoms with Crippen LogP contribution in [-0.2, 0) is 6.54 Å². The van der Waals surface area contributed by atoms with Gasteiger partial charge in [0.2, 0.25) is 0 Å². The summed E-state index contributed by atoms with van der Waals surface area (Å²) in [5, 5.41) is 6.50. The molecule has 0 bridgehead atoms. The minimum Gasteiger partial charge on any atom is -0.369 e. The van der Waals surface area contributed by atoms with Crippen LogP contribution in [0.15, 0.2) is 36.8 Å². The normalized spacial score (nSPS) is 10.6. The third kappa shape index (κ3) is 4.81. The van der Waals surface area contributed by atoms with Crippen LogP contribution >= 0.6 is 0 Å². The molecule has 106 valence electrons. The van der Waals surface area contributed by atoms with Crippen molar-refractivity contribution in [3.63, 3.8) is 0 Å². The van der Waals surface area contributed by atoms with Gasteiger partial charge in [-0.05, 0) is 26.2 Å². The molecule has 0 saturated heterocycles. The average molecular weight is 272 g/mol. The Kier molecular flexibility index (Phi) is 5.25. The molecule has 20 heavy (non-hydrogen) atoms. The summed E-state index contributed by atoms with van der Waals surface area (Å²) in [5.41, 5.74) is 0.980. The molecule has 2 heterocycles. The van der Waals surface area contributed by atoms with E-state index in [4.69, 9.17) is 0 Å². The summed E-state index contributed by atoms with van der Waals surface area (Å²) < 4.78 is 0. The van der Waals surface area contributed by atoms with Gasteiger partial charge in [-0.2, -0.15) is 0 Å². The summed E-state index contributed by atoms with van der Waals surface area (Å²) in [4.78, 5) is 14.8. The molecule has 2 N–H and O–H groups in total. The van der Waals surface area contributed by atoms with Crippen LogP contribution in [0.1, 0.15) is 5.69 Å². The maximum atomic E-state index is 4.26. The Bertz CT molecular complexity index is 514. The number of rotatable bonds is 7. The fraction of sp³-hybridized carbons (Fsp3) is 0.357. The molecule has 0 saturated carbocycles. The van der Waals surface area contributed by atoms with E-state index in [2.05, 4.69) is 30.5 Å². The van der Waals surface area contributed by atoms with Crippen molar-refractivity contribution in [2.75, 3.05) is 37.8 Å². The average Bonchev–Trinajstić information content (AvgIpc) is 2.46. The third-order valence-electron chi connectivity index (χ3n) is 2.71. The molecule has 0 aliphatic carbocycles. The first kappa shape index (κ1) is 14.2. The highest BCUT2D eigenvalue weighted by molar-refractivity contribution is 5.46. The molecule has 0 fully saturated rings. The number of nitrogens with zero attached hydrogens (tertiary/aromatic N) is 4. The largest absolute Gasteiger partial charge is 0.369 e. The Morgan fingerprint density at radius 1 is 1.05 bits per heavy atom. The minimum absolute atomic E-state index is 0.648. The Labute approximate surface area is 119 Å². The van der Waals surface area contributed by atoms with Crippen molar-refractivity contribution in [1.82, 2.24) is 19.9 Å². The SMILES string of the molecule is CN(C)CCNc1cc(NCc2ccccn2)ncn1. The first-order chi connectivity index (χ1) is 9.74. The molecule has 0 aliphatic heterocycles. The van der Waals surface area contributed by atoms with E-state index >= 15 is 0 Å². The Morgan fingerprint density at radius 3 is 2.55 bits per heavy atom. The van der Waals surface area contributed by atoms with Crippen molar-refractivity contribution in [2.45, 2.75) is 6.54 Å². The summed E-state index contributed by atoms with van der Waals surface area (Å²) >= 11 is 0. The molecule has 0 aliphatic rings. The van der Waals surface area contributed by atoms with Crippen molar-refractivity contribution in [1.29, 1.82) is 0 Å². The van der Waals surface area contributed by atoms with E-state index in [1.54, 1.807) is 12.5 Å². The standard InChI is InChI=1S/C14H20N6/c1-20(2)8-7-16-13-9-14(19-11-18-13)17-10-12-5-3-4-6-15-12/h3-6,9,11H,7-8,10H2,1-2H3,(H2,16,17,18,19). The van der Waals surface area contributed by atoms with E-state index in [1.165, 1.54) is 0 Å². The maximum Gasteiger partial charge on any atom is 0.131 e. The lowest BCUT2D eigenvalue weighted by Gasteiger charge is -2.11. The molecule has 2 aromatic heterocycles. The van der Waals surface area contributed by atoms with Crippen LogP contribution in [0, 0.1) is 0 Å². The lowest BCUT2D eigenvalue weighted by molar-refractivity contribution is 0.425. The van der Waals surface area contributed by atoms with Gasteiger partial charge in [-0.1, -0.05) is 6.07 Å². The quantitative estimate of drug-likeness (QED) is 0.795. The van der Waals surface area contributed by atoms with Gasteiger partial charge in [0.1, 0.15) is 18.0 Å². The van der Waals surface area contributed by atoms with Crippen LogP contribution in [0.25, 0.3) is 0 Å². The van der Waals surface area contributed by atoms with Crippen LogP contribution in [0.4, 0.5) is 11.6 Å². The number of nitrogens with one attached hydrogen (secondary N) is 2. The van der Waals surface area contributed by atoms with Gasteiger partial charge in [0, 0.05) is 25.4 Å². The van der Waals surface area contributed by atoms with Gasteiger partial charge in [-0.3, -0.25) is 4.98 Å². The zero-order valence-electron chi connectivity index (χ0n) is 11.9. The minimum atomic E-state index is 0.648. The predicted octanol–water partition coefficient (Wildman–Crippen LogP) is 1.46. The maximum absolute atomic E-state index is 4.26. The number of pyridine rings is 1. The molecule has 6 nitrogen and oxygen atoms in total. The Morgan fingerprint density at radius 2 is 1.85 bits per heavy atom. The number of hydrogen-bond acceptors (Lipinski definition) is 6. The third-order valence-corrected chi connectivity index (χ3v) is 2.71. The Balaban J connectivity index is 1.86. The van der Waals surface area contributed by atoms with E-state index in [0.717, 1.165) is 30.4 Å². The Hall–Kier alpha value is -2.21. The first-order valence-electron chi connectivity index (χ1n) is 6.58. The molecular weight excluding hydrogens is 252 g/mol. The van der Waals surface area contributed by atoms with Crippen molar-refractivity contribution in [2.24, 2.45) is 0 Å². The van der Waals surface area contributed by atoms with Crippen LogP contribution in [0.2, 0.25) is 0 Å². The van der Waals surface area contributed by atoms with E-state index in [0.29, 0.717) is 6.54 Å². The number of hydrogen-bond donors (Lipinski definition) is 2. The van der Waals surface area contributed by atoms with Gasteiger partial charge >= 0.3 is 0 Å². The fourth-order valence-electron chi connectivity index (χ4n) is 1.64. The summed E-state index contributed by atoms with van der Waals surface area (Å²) in [6.07, 6.45) is 3.34. The van der Waals surface area contributed by atoms with Crippen LogP contribution in [0.3, 0.4) is 0 Å². The number of anilines is 2. The summed E-state index contributed by atoms with van der Waals surface area (Å²) in [7, 11) is 4.09. The zero-order chi connectivity index (χ0) is 14.2. The highest BCUT2D eigenvalue weighted by Crippen LogP contribution is 2.09. The predicted molar refractivity (Wildman–Crippen MR) is 80.6 cm³/mol.